The molecule has 1 aromatic carbocycles. The van der Waals surface area contributed by atoms with Crippen LogP contribution >= 0.6 is 0 Å². The molecule has 1 fully saturated rings. The minimum atomic E-state index is -3.36. The van der Waals surface area contributed by atoms with E-state index in [2.05, 4.69) is 5.32 Å². The van der Waals surface area contributed by atoms with Gasteiger partial charge in [-0.2, -0.15) is 4.31 Å². The Morgan fingerprint density at radius 2 is 1.85 bits per heavy atom. The number of para-hydroxylation sites is 1. The first-order valence-electron chi connectivity index (χ1n) is 6.78. The van der Waals surface area contributed by atoms with Crippen molar-refractivity contribution in [1.29, 1.82) is 0 Å². The summed E-state index contributed by atoms with van der Waals surface area (Å²) in [6.45, 7) is -0.113. The standard InChI is InChI=1S/C14H20N2O3S/c1-20(18,19)16(13-9-5-6-10-13)11-14(17)15-12-7-3-2-4-8-12/h2-4,7-8,13H,5-6,9-11H2,1H3,(H,15,17). The molecule has 6 heteroatoms. The maximum Gasteiger partial charge on any atom is 0.239 e. The Labute approximate surface area is 120 Å². The lowest BCUT2D eigenvalue weighted by Crippen LogP contribution is -2.43. The van der Waals surface area contributed by atoms with E-state index in [1.807, 2.05) is 18.2 Å². The van der Waals surface area contributed by atoms with Gasteiger partial charge in [-0.1, -0.05) is 31.0 Å². The third-order valence-electron chi connectivity index (χ3n) is 3.51. The largest absolute Gasteiger partial charge is 0.325 e. The predicted octanol–water partition coefficient (Wildman–Crippen LogP) is 1.83. The highest BCUT2D eigenvalue weighted by Gasteiger charge is 2.30. The molecular weight excluding hydrogens is 276 g/mol. The zero-order chi connectivity index (χ0) is 14.6. The van der Waals surface area contributed by atoms with Crippen molar-refractivity contribution >= 4 is 21.6 Å². The monoisotopic (exact) mass is 296 g/mol. The molecule has 110 valence electrons. The second kappa shape index (κ2) is 6.37. The Kier molecular flexibility index (Phi) is 4.77. The highest BCUT2D eigenvalue weighted by molar-refractivity contribution is 7.88. The van der Waals surface area contributed by atoms with Gasteiger partial charge in [-0.05, 0) is 25.0 Å². The summed E-state index contributed by atoms with van der Waals surface area (Å²) in [5.74, 6) is -0.298. The number of hydrogen-bond donors (Lipinski definition) is 1. The number of benzene rings is 1. The SMILES string of the molecule is CS(=O)(=O)N(CC(=O)Nc1ccccc1)C1CCCC1. The first-order chi connectivity index (χ1) is 9.47. The minimum absolute atomic E-state index is 0.0356. The molecule has 0 radical (unpaired) electrons. The number of carbonyl (C=O) groups excluding carboxylic acids is 1. The highest BCUT2D eigenvalue weighted by atomic mass is 32.2. The van der Waals surface area contributed by atoms with Gasteiger partial charge in [0, 0.05) is 11.7 Å². The second-order valence-electron chi connectivity index (χ2n) is 5.16. The average molecular weight is 296 g/mol. The lowest BCUT2D eigenvalue weighted by Gasteiger charge is -2.25. The van der Waals surface area contributed by atoms with Crippen molar-refractivity contribution in [1.82, 2.24) is 4.31 Å². The van der Waals surface area contributed by atoms with E-state index in [1.165, 1.54) is 10.6 Å². The van der Waals surface area contributed by atoms with E-state index >= 15 is 0 Å². The van der Waals surface area contributed by atoms with Gasteiger partial charge in [0.15, 0.2) is 0 Å². The molecule has 1 aliphatic carbocycles. The zero-order valence-electron chi connectivity index (χ0n) is 11.6. The van der Waals surface area contributed by atoms with E-state index in [-0.39, 0.29) is 18.5 Å². The Hall–Kier alpha value is -1.40. The van der Waals surface area contributed by atoms with Gasteiger partial charge in [-0.15, -0.1) is 0 Å². The molecule has 0 spiro atoms. The topological polar surface area (TPSA) is 66.5 Å². The summed E-state index contributed by atoms with van der Waals surface area (Å²) >= 11 is 0. The fourth-order valence-electron chi connectivity index (χ4n) is 2.57. The van der Waals surface area contributed by atoms with E-state index in [9.17, 15) is 13.2 Å². The Bertz CT molecular complexity index is 551. The molecule has 1 amide bonds. The van der Waals surface area contributed by atoms with Gasteiger partial charge in [0.2, 0.25) is 15.9 Å². The van der Waals surface area contributed by atoms with Gasteiger partial charge < -0.3 is 5.32 Å². The number of sulfonamides is 1. The van der Waals surface area contributed by atoms with Crippen LogP contribution in [0.2, 0.25) is 0 Å². The van der Waals surface area contributed by atoms with Crippen molar-refractivity contribution in [3.05, 3.63) is 30.3 Å². The molecule has 0 atom stereocenters. The maximum absolute atomic E-state index is 12.0. The fourth-order valence-corrected chi connectivity index (χ4v) is 3.68. The van der Waals surface area contributed by atoms with Crippen LogP contribution in [-0.4, -0.2) is 37.5 Å². The van der Waals surface area contributed by atoms with Crippen LogP contribution in [0.3, 0.4) is 0 Å². The van der Waals surface area contributed by atoms with Gasteiger partial charge >= 0.3 is 0 Å². The molecular formula is C14H20N2O3S. The van der Waals surface area contributed by atoms with Gasteiger partial charge in [-0.3, -0.25) is 4.79 Å². The molecule has 1 saturated carbocycles. The molecule has 2 rings (SSSR count). The van der Waals surface area contributed by atoms with E-state index in [1.54, 1.807) is 12.1 Å². The second-order valence-corrected chi connectivity index (χ2v) is 7.10. The number of anilines is 1. The van der Waals surface area contributed by atoms with Crippen molar-refractivity contribution in [3.63, 3.8) is 0 Å². The van der Waals surface area contributed by atoms with Gasteiger partial charge in [-0.25, -0.2) is 8.42 Å². The van der Waals surface area contributed by atoms with E-state index in [0.717, 1.165) is 25.7 Å². The highest BCUT2D eigenvalue weighted by Crippen LogP contribution is 2.25. The van der Waals surface area contributed by atoms with E-state index < -0.39 is 10.0 Å². The Morgan fingerprint density at radius 1 is 1.25 bits per heavy atom. The summed E-state index contributed by atoms with van der Waals surface area (Å²) in [7, 11) is -3.36. The number of rotatable bonds is 5. The number of nitrogens with one attached hydrogen (secondary N) is 1. The molecule has 0 saturated heterocycles. The Balaban J connectivity index is 2.02. The zero-order valence-corrected chi connectivity index (χ0v) is 12.4. The quantitative estimate of drug-likeness (QED) is 0.901. The van der Waals surface area contributed by atoms with Crippen LogP contribution in [0.25, 0.3) is 0 Å². The lowest BCUT2D eigenvalue weighted by atomic mass is 10.2. The van der Waals surface area contributed by atoms with Crippen LogP contribution in [0.1, 0.15) is 25.7 Å². The molecule has 1 aromatic rings. The first-order valence-corrected chi connectivity index (χ1v) is 8.63. The molecule has 0 heterocycles. The van der Waals surface area contributed by atoms with Crippen molar-refractivity contribution in [2.24, 2.45) is 0 Å². The smallest absolute Gasteiger partial charge is 0.239 e. The Morgan fingerprint density at radius 3 is 2.40 bits per heavy atom. The van der Waals surface area contributed by atoms with Gasteiger partial charge in [0.1, 0.15) is 0 Å². The maximum atomic E-state index is 12.0. The summed E-state index contributed by atoms with van der Waals surface area (Å²) in [6, 6.07) is 9.02. The third-order valence-corrected chi connectivity index (χ3v) is 4.79. The van der Waals surface area contributed by atoms with E-state index in [4.69, 9.17) is 0 Å². The minimum Gasteiger partial charge on any atom is -0.325 e. The van der Waals surface area contributed by atoms with Crippen molar-refractivity contribution in [3.8, 4) is 0 Å². The molecule has 5 nitrogen and oxygen atoms in total. The van der Waals surface area contributed by atoms with Crippen molar-refractivity contribution in [2.75, 3.05) is 18.1 Å². The number of nitrogens with zero attached hydrogens (tertiary/aromatic N) is 1. The number of carbonyl (C=O) groups is 1. The van der Waals surface area contributed by atoms with Crippen LogP contribution in [0.4, 0.5) is 5.69 Å². The molecule has 20 heavy (non-hydrogen) atoms. The lowest BCUT2D eigenvalue weighted by molar-refractivity contribution is -0.116. The van der Waals surface area contributed by atoms with Crippen LogP contribution < -0.4 is 5.32 Å². The molecule has 0 unspecified atom stereocenters. The number of amides is 1. The molecule has 0 aliphatic heterocycles. The predicted molar refractivity (Wildman–Crippen MR) is 78.9 cm³/mol. The first kappa shape index (κ1) is 15.0. The molecule has 0 bridgehead atoms. The van der Waals surface area contributed by atoms with Crippen LogP contribution in [0.15, 0.2) is 30.3 Å². The fraction of sp³-hybridized carbons (Fsp3) is 0.500. The van der Waals surface area contributed by atoms with Gasteiger partial charge in [0.25, 0.3) is 0 Å². The van der Waals surface area contributed by atoms with Gasteiger partial charge in [0.05, 0.1) is 12.8 Å². The molecule has 1 N–H and O–H groups in total. The molecule has 1 aliphatic rings. The average Bonchev–Trinajstić information content (AvgIpc) is 2.89. The molecule has 0 aromatic heterocycles. The van der Waals surface area contributed by atoms with Crippen molar-refractivity contribution in [2.45, 2.75) is 31.7 Å². The summed E-state index contributed by atoms with van der Waals surface area (Å²) in [5.41, 5.74) is 0.678. The summed E-state index contributed by atoms with van der Waals surface area (Å²) in [4.78, 5) is 12.0. The van der Waals surface area contributed by atoms with Crippen LogP contribution in [0, 0.1) is 0 Å². The summed E-state index contributed by atoms with van der Waals surface area (Å²) in [6.07, 6.45) is 4.90. The normalized spacial score (nSPS) is 16.5. The van der Waals surface area contributed by atoms with E-state index in [0.29, 0.717) is 5.69 Å². The third kappa shape index (κ3) is 4.05. The van der Waals surface area contributed by atoms with Crippen molar-refractivity contribution < 1.29 is 13.2 Å². The van der Waals surface area contributed by atoms with Crippen LogP contribution in [-0.2, 0) is 14.8 Å². The summed E-state index contributed by atoms with van der Waals surface area (Å²) < 4.78 is 25.0. The summed E-state index contributed by atoms with van der Waals surface area (Å²) in [5, 5.41) is 2.72. The number of hydrogen-bond acceptors (Lipinski definition) is 3. The van der Waals surface area contributed by atoms with Crippen LogP contribution in [0.5, 0.6) is 0 Å².